The molecule has 0 N–H and O–H groups in total. The SMILES string of the molecule is C=CCN(c1cc2ccccc2o1)c1cc2ccccc2o1. The van der Waals surface area contributed by atoms with Gasteiger partial charge in [0.25, 0.3) is 0 Å². The Morgan fingerprint density at radius 3 is 1.77 bits per heavy atom. The third-order valence-corrected chi connectivity index (χ3v) is 3.67. The first-order chi connectivity index (χ1) is 10.8. The van der Waals surface area contributed by atoms with E-state index in [1.165, 1.54) is 0 Å². The molecule has 0 saturated heterocycles. The second kappa shape index (κ2) is 5.11. The van der Waals surface area contributed by atoms with Crippen molar-refractivity contribution in [3.8, 4) is 0 Å². The Hall–Kier alpha value is -2.94. The number of furan rings is 2. The summed E-state index contributed by atoms with van der Waals surface area (Å²) in [4.78, 5) is 1.98. The van der Waals surface area contributed by atoms with Crippen LogP contribution in [0.1, 0.15) is 0 Å². The van der Waals surface area contributed by atoms with E-state index in [1.807, 2.05) is 71.6 Å². The van der Waals surface area contributed by atoms with E-state index >= 15 is 0 Å². The topological polar surface area (TPSA) is 29.5 Å². The van der Waals surface area contributed by atoms with Crippen LogP contribution in [0.25, 0.3) is 21.9 Å². The summed E-state index contributed by atoms with van der Waals surface area (Å²) in [5, 5.41) is 2.14. The van der Waals surface area contributed by atoms with Gasteiger partial charge < -0.3 is 8.83 Å². The summed E-state index contributed by atoms with van der Waals surface area (Å²) >= 11 is 0. The molecule has 0 aliphatic carbocycles. The van der Waals surface area contributed by atoms with Crippen molar-refractivity contribution in [1.29, 1.82) is 0 Å². The van der Waals surface area contributed by atoms with Crippen molar-refractivity contribution in [3.63, 3.8) is 0 Å². The van der Waals surface area contributed by atoms with Gasteiger partial charge in [0, 0.05) is 29.4 Å². The van der Waals surface area contributed by atoms with Crippen LogP contribution >= 0.6 is 0 Å². The molecule has 0 saturated carbocycles. The zero-order chi connectivity index (χ0) is 14.9. The molecule has 0 unspecified atom stereocenters. The van der Waals surface area contributed by atoms with Crippen molar-refractivity contribution in [2.75, 3.05) is 11.4 Å². The third kappa shape index (κ3) is 2.07. The van der Waals surface area contributed by atoms with E-state index in [1.54, 1.807) is 0 Å². The number of hydrogen-bond acceptors (Lipinski definition) is 3. The predicted octanol–water partition coefficient (Wildman–Crippen LogP) is 5.50. The van der Waals surface area contributed by atoms with E-state index in [9.17, 15) is 0 Å². The molecule has 3 heteroatoms. The summed E-state index contributed by atoms with van der Waals surface area (Å²) in [7, 11) is 0. The quantitative estimate of drug-likeness (QED) is 0.464. The van der Waals surface area contributed by atoms with E-state index < -0.39 is 0 Å². The molecule has 0 bridgehead atoms. The molecule has 2 aromatic carbocycles. The fraction of sp³-hybridized carbons (Fsp3) is 0.0526. The number of nitrogens with zero attached hydrogens (tertiary/aromatic N) is 1. The molecule has 4 aromatic rings. The standard InChI is InChI=1S/C19H15NO2/c1-2-11-20(18-12-14-7-3-5-9-16(14)21-18)19-13-15-8-4-6-10-17(15)22-19/h2-10,12-13H,1,11H2. The Morgan fingerprint density at radius 2 is 1.32 bits per heavy atom. The highest BCUT2D eigenvalue weighted by Crippen LogP contribution is 2.34. The van der Waals surface area contributed by atoms with Gasteiger partial charge in [-0.05, 0) is 12.1 Å². The Kier molecular flexibility index (Phi) is 2.97. The van der Waals surface area contributed by atoms with E-state index in [2.05, 4.69) is 6.58 Å². The van der Waals surface area contributed by atoms with Crippen LogP contribution in [-0.4, -0.2) is 6.54 Å². The number of hydrogen-bond donors (Lipinski definition) is 0. The van der Waals surface area contributed by atoms with Gasteiger partial charge in [-0.2, -0.15) is 0 Å². The largest absolute Gasteiger partial charge is 0.440 e. The first-order valence-corrected chi connectivity index (χ1v) is 7.21. The molecule has 0 spiro atoms. The highest BCUT2D eigenvalue weighted by Gasteiger charge is 2.17. The first-order valence-electron chi connectivity index (χ1n) is 7.21. The molecule has 2 aromatic heterocycles. The lowest BCUT2D eigenvalue weighted by atomic mass is 10.2. The average molecular weight is 289 g/mol. The van der Waals surface area contributed by atoms with Gasteiger partial charge in [-0.3, -0.25) is 4.90 Å². The second-order valence-electron chi connectivity index (χ2n) is 5.14. The molecule has 0 fully saturated rings. The van der Waals surface area contributed by atoms with Crippen LogP contribution in [0.2, 0.25) is 0 Å². The molecular weight excluding hydrogens is 274 g/mol. The zero-order valence-electron chi connectivity index (χ0n) is 12.0. The molecule has 22 heavy (non-hydrogen) atoms. The molecule has 3 nitrogen and oxygen atoms in total. The van der Waals surface area contributed by atoms with Gasteiger partial charge in [0.15, 0.2) is 0 Å². The Balaban J connectivity index is 1.83. The lowest BCUT2D eigenvalue weighted by molar-refractivity contribution is 0.569. The molecule has 0 aliphatic heterocycles. The summed E-state index contributed by atoms with van der Waals surface area (Å²) in [6.07, 6.45) is 1.83. The fourth-order valence-corrected chi connectivity index (χ4v) is 2.62. The Bertz CT molecular complexity index is 808. The van der Waals surface area contributed by atoms with Crippen molar-refractivity contribution in [3.05, 3.63) is 73.3 Å². The number of para-hydroxylation sites is 2. The smallest absolute Gasteiger partial charge is 0.203 e. The van der Waals surface area contributed by atoms with E-state index in [0.29, 0.717) is 6.54 Å². The van der Waals surface area contributed by atoms with Crippen LogP contribution < -0.4 is 4.90 Å². The van der Waals surface area contributed by atoms with Crippen molar-refractivity contribution in [2.24, 2.45) is 0 Å². The van der Waals surface area contributed by atoms with Gasteiger partial charge in [-0.1, -0.05) is 42.5 Å². The maximum Gasteiger partial charge on any atom is 0.203 e. The molecule has 0 aliphatic rings. The molecule has 108 valence electrons. The summed E-state index contributed by atoms with van der Waals surface area (Å²) in [5.74, 6) is 1.50. The second-order valence-corrected chi connectivity index (χ2v) is 5.14. The average Bonchev–Trinajstić information content (AvgIpc) is 3.15. The minimum Gasteiger partial charge on any atom is -0.440 e. The highest BCUT2D eigenvalue weighted by molar-refractivity contribution is 5.85. The third-order valence-electron chi connectivity index (χ3n) is 3.67. The van der Waals surface area contributed by atoms with Gasteiger partial charge in [0.1, 0.15) is 11.2 Å². The number of rotatable bonds is 4. The van der Waals surface area contributed by atoms with Gasteiger partial charge in [-0.25, -0.2) is 0 Å². The minimum atomic E-state index is 0.611. The van der Waals surface area contributed by atoms with Gasteiger partial charge in [-0.15, -0.1) is 6.58 Å². The Labute approximate surface area is 128 Å². The van der Waals surface area contributed by atoms with E-state index in [-0.39, 0.29) is 0 Å². The highest BCUT2D eigenvalue weighted by atomic mass is 16.4. The fourth-order valence-electron chi connectivity index (χ4n) is 2.62. The van der Waals surface area contributed by atoms with Crippen LogP contribution in [-0.2, 0) is 0 Å². The van der Waals surface area contributed by atoms with Crippen LogP contribution in [0, 0.1) is 0 Å². The lowest BCUT2D eigenvalue weighted by Gasteiger charge is -2.16. The zero-order valence-corrected chi connectivity index (χ0v) is 12.0. The predicted molar refractivity (Wildman–Crippen MR) is 89.6 cm³/mol. The van der Waals surface area contributed by atoms with Gasteiger partial charge >= 0.3 is 0 Å². The van der Waals surface area contributed by atoms with Gasteiger partial charge in [0.2, 0.25) is 11.8 Å². The van der Waals surface area contributed by atoms with Crippen LogP contribution in [0.15, 0.2) is 82.2 Å². The summed E-state index contributed by atoms with van der Waals surface area (Å²) < 4.78 is 11.9. The molecule has 0 radical (unpaired) electrons. The van der Waals surface area contributed by atoms with Crippen LogP contribution in [0.4, 0.5) is 11.8 Å². The molecule has 0 amide bonds. The number of fused-ring (bicyclic) bond motifs is 2. The maximum absolute atomic E-state index is 5.95. The molecule has 2 heterocycles. The van der Waals surface area contributed by atoms with E-state index in [4.69, 9.17) is 8.83 Å². The normalized spacial score (nSPS) is 11.1. The summed E-state index contributed by atoms with van der Waals surface area (Å²) in [6, 6.07) is 20.0. The van der Waals surface area contributed by atoms with Crippen molar-refractivity contribution < 1.29 is 8.83 Å². The maximum atomic E-state index is 5.95. The summed E-state index contributed by atoms with van der Waals surface area (Å²) in [6.45, 7) is 4.45. The monoisotopic (exact) mass is 289 g/mol. The van der Waals surface area contributed by atoms with E-state index in [0.717, 1.165) is 33.7 Å². The first kappa shape index (κ1) is 12.8. The van der Waals surface area contributed by atoms with Crippen molar-refractivity contribution >= 4 is 33.7 Å². The molecular formula is C19H15NO2. The molecule has 4 rings (SSSR count). The Morgan fingerprint density at radius 1 is 0.818 bits per heavy atom. The minimum absolute atomic E-state index is 0.611. The van der Waals surface area contributed by atoms with Crippen molar-refractivity contribution in [2.45, 2.75) is 0 Å². The number of benzene rings is 2. The van der Waals surface area contributed by atoms with Gasteiger partial charge in [0.05, 0.1) is 0 Å². The molecule has 0 atom stereocenters. The van der Waals surface area contributed by atoms with Crippen molar-refractivity contribution in [1.82, 2.24) is 0 Å². The van der Waals surface area contributed by atoms with Crippen LogP contribution in [0.3, 0.4) is 0 Å². The lowest BCUT2D eigenvalue weighted by Crippen LogP contribution is -2.15. The number of anilines is 2. The summed E-state index contributed by atoms with van der Waals surface area (Å²) in [5.41, 5.74) is 1.73. The van der Waals surface area contributed by atoms with Crippen LogP contribution in [0.5, 0.6) is 0 Å².